The fourth-order valence-corrected chi connectivity index (χ4v) is 2.65. The van der Waals surface area contributed by atoms with E-state index in [1.165, 1.54) is 6.42 Å². The normalized spacial score (nSPS) is 14.9. The van der Waals surface area contributed by atoms with Gasteiger partial charge >= 0.3 is 0 Å². The molecule has 0 aliphatic heterocycles. The fourth-order valence-electron chi connectivity index (χ4n) is 2.11. The van der Waals surface area contributed by atoms with Gasteiger partial charge in [0.15, 0.2) is 11.5 Å². The topological polar surface area (TPSA) is 70.5 Å². The molecule has 1 aliphatic carbocycles. The number of halogens is 1. The van der Waals surface area contributed by atoms with Crippen LogP contribution in [0.15, 0.2) is 27.3 Å². The monoisotopic (exact) mass is 338 g/mol. The molecule has 0 amide bonds. The number of aromatic nitrogens is 1. The van der Waals surface area contributed by atoms with Gasteiger partial charge in [-0.2, -0.15) is 0 Å². The van der Waals surface area contributed by atoms with Gasteiger partial charge in [-0.25, -0.2) is 0 Å². The lowest BCUT2D eigenvalue weighted by molar-refractivity contribution is 0.116. The zero-order chi connectivity index (χ0) is 14.1. The Morgan fingerprint density at radius 2 is 2.10 bits per heavy atom. The number of nitrogens with zero attached hydrogens (tertiary/aromatic N) is 1. The first kappa shape index (κ1) is 13.3. The molecule has 1 aromatic carbocycles. The summed E-state index contributed by atoms with van der Waals surface area (Å²) in [5.74, 6) is 1.70. The van der Waals surface area contributed by atoms with E-state index in [4.69, 9.17) is 19.7 Å². The van der Waals surface area contributed by atoms with Crippen LogP contribution in [0.2, 0.25) is 0 Å². The Bertz CT molecular complexity index is 623. The fraction of sp³-hybridized carbons (Fsp3) is 0.357. The third-order valence-corrected chi connectivity index (χ3v) is 4.14. The number of hydrogen-bond acceptors (Lipinski definition) is 5. The molecule has 1 fully saturated rings. The van der Waals surface area contributed by atoms with Crippen LogP contribution in [-0.4, -0.2) is 18.4 Å². The predicted molar refractivity (Wildman–Crippen MR) is 78.9 cm³/mol. The van der Waals surface area contributed by atoms with E-state index in [1.807, 2.05) is 12.1 Å². The zero-order valence-corrected chi connectivity index (χ0v) is 12.6. The average Bonchev–Trinajstić information content (AvgIpc) is 2.81. The number of nitrogen functional groups attached to an aromatic ring is 1. The standard InChI is InChI=1S/C14H15BrN2O3/c1-18-12-6-11(15)9(10-7-17-20-14(10)16)5-13(12)19-8-3-2-4-8/h5-8H,2-4,16H2,1H3. The van der Waals surface area contributed by atoms with Gasteiger partial charge in [0.2, 0.25) is 5.88 Å². The molecule has 0 atom stereocenters. The van der Waals surface area contributed by atoms with Crippen molar-refractivity contribution in [2.45, 2.75) is 25.4 Å². The summed E-state index contributed by atoms with van der Waals surface area (Å²) in [6.45, 7) is 0. The minimum atomic E-state index is 0.276. The highest BCUT2D eigenvalue weighted by Gasteiger charge is 2.22. The summed E-state index contributed by atoms with van der Waals surface area (Å²) in [6.07, 6.45) is 5.26. The van der Waals surface area contributed by atoms with E-state index in [0.717, 1.165) is 34.2 Å². The molecule has 1 aromatic heterocycles. The molecule has 0 unspecified atom stereocenters. The molecule has 0 bridgehead atoms. The molecule has 1 heterocycles. The molecule has 1 aliphatic rings. The number of hydrogen-bond donors (Lipinski definition) is 1. The summed E-state index contributed by atoms with van der Waals surface area (Å²) in [7, 11) is 1.63. The van der Waals surface area contributed by atoms with E-state index in [9.17, 15) is 0 Å². The van der Waals surface area contributed by atoms with Crippen molar-refractivity contribution in [1.29, 1.82) is 0 Å². The summed E-state index contributed by atoms with van der Waals surface area (Å²) in [4.78, 5) is 0. The molecule has 0 radical (unpaired) electrons. The van der Waals surface area contributed by atoms with Gasteiger partial charge in [-0.3, -0.25) is 0 Å². The summed E-state index contributed by atoms with van der Waals surface area (Å²) in [5.41, 5.74) is 7.39. The second-order valence-electron chi connectivity index (χ2n) is 4.76. The first-order chi connectivity index (χ1) is 9.69. The van der Waals surface area contributed by atoms with Gasteiger partial charge in [-0.1, -0.05) is 21.1 Å². The molecule has 0 saturated heterocycles. The first-order valence-electron chi connectivity index (χ1n) is 6.43. The molecule has 20 heavy (non-hydrogen) atoms. The van der Waals surface area contributed by atoms with Crippen LogP contribution in [0.5, 0.6) is 11.5 Å². The van der Waals surface area contributed by atoms with Crippen LogP contribution in [0.4, 0.5) is 5.88 Å². The van der Waals surface area contributed by atoms with Gasteiger partial charge in [0.1, 0.15) is 0 Å². The highest BCUT2D eigenvalue weighted by Crippen LogP contribution is 2.41. The average molecular weight is 339 g/mol. The van der Waals surface area contributed by atoms with Crippen LogP contribution < -0.4 is 15.2 Å². The second kappa shape index (κ2) is 5.36. The predicted octanol–water partition coefficient (Wildman–Crippen LogP) is 3.63. The van der Waals surface area contributed by atoms with E-state index in [1.54, 1.807) is 13.3 Å². The van der Waals surface area contributed by atoms with Crippen molar-refractivity contribution >= 4 is 21.8 Å². The van der Waals surface area contributed by atoms with E-state index in [0.29, 0.717) is 5.75 Å². The third kappa shape index (κ3) is 2.35. The lowest BCUT2D eigenvalue weighted by atomic mass is 9.96. The molecular weight excluding hydrogens is 324 g/mol. The molecule has 3 rings (SSSR count). The van der Waals surface area contributed by atoms with Crippen molar-refractivity contribution in [3.05, 3.63) is 22.8 Å². The van der Waals surface area contributed by atoms with Gasteiger partial charge in [0.05, 0.1) is 25.0 Å². The molecular formula is C14H15BrN2O3. The zero-order valence-electron chi connectivity index (χ0n) is 11.1. The Balaban J connectivity index is 2.01. The maximum absolute atomic E-state index is 5.97. The second-order valence-corrected chi connectivity index (χ2v) is 5.61. The first-order valence-corrected chi connectivity index (χ1v) is 7.23. The van der Waals surface area contributed by atoms with Crippen LogP contribution in [0.3, 0.4) is 0 Å². The number of methoxy groups -OCH3 is 1. The van der Waals surface area contributed by atoms with Gasteiger partial charge in [-0.15, -0.1) is 0 Å². The number of rotatable bonds is 4. The van der Waals surface area contributed by atoms with Crippen molar-refractivity contribution in [2.75, 3.05) is 12.8 Å². The van der Waals surface area contributed by atoms with Gasteiger partial charge in [-0.05, 0) is 31.4 Å². The molecule has 1 saturated carbocycles. The molecule has 0 spiro atoms. The summed E-state index contributed by atoms with van der Waals surface area (Å²) in [5, 5.41) is 3.71. The summed E-state index contributed by atoms with van der Waals surface area (Å²) < 4.78 is 17.1. The van der Waals surface area contributed by atoms with E-state index in [-0.39, 0.29) is 12.0 Å². The van der Waals surface area contributed by atoms with Crippen LogP contribution in [-0.2, 0) is 0 Å². The van der Waals surface area contributed by atoms with Crippen LogP contribution >= 0.6 is 15.9 Å². The number of benzene rings is 1. The summed E-state index contributed by atoms with van der Waals surface area (Å²) >= 11 is 3.51. The number of ether oxygens (including phenoxy) is 2. The van der Waals surface area contributed by atoms with Crippen LogP contribution in [0.25, 0.3) is 11.1 Å². The number of anilines is 1. The van der Waals surface area contributed by atoms with E-state index in [2.05, 4.69) is 21.1 Å². The minimum absolute atomic E-state index is 0.276. The largest absolute Gasteiger partial charge is 0.493 e. The Morgan fingerprint density at radius 1 is 1.30 bits per heavy atom. The van der Waals surface area contributed by atoms with Crippen molar-refractivity contribution in [1.82, 2.24) is 5.16 Å². The maximum Gasteiger partial charge on any atom is 0.229 e. The third-order valence-electron chi connectivity index (χ3n) is 3.49. The number of nitrogens with two attached hydrogens (primary N) is 1. The lowest BCUT2D eigenvalue weighted by Gasteiger charge is -2.27. The molecule has 106 valence electrons. The van der Waals surface area contributed by atoms with E-state index >= 15 is 0 Å². The lowest BCUT2D eigenvalue weighted by Crippen LogP contribution is -2.24. The van der Waals surface area contributed by atoms with Gasteiger partial charge < -0.3 is 19.7 Å². The van der Waals surface area contributed by atoms with Crippen molar-refractivity contribution in [3.63, 3.8) is 0 Å². The van der Waals surface area contributed by atoms with Gasteiger partial charge in [0, 0.05) is 10.0 Å². The van der Waals surface area contributed by atoms with Crippen molar-refractivity contribution in [2.24, 2.45) is 0 Å². The Labute approximate surface area is 125 Å². The summed E-state index contributed by atoms with van der Waals surface area (Å²) in [6, 6.07) is 3.78. The molecule has 2 N–H and O–H groups in total. The van der Waals surface area contributed by atoms with E-state index < -0.39 is 0 Å². The maximum atomic E-state index is 5.97. The molecule has 2 aromatic rings. The van der Waals surface area contributed by atoms with Gasteiger partial charge in [0.25, 0.3) is 0 Å². The SMILES string of the molecule is COc1cc(Br)c(-c2cnoc2N)cc1OC1CCC1. The smallest absolute Gasteiger partial charge is 0.229 e. The molecule has 5 nitrogen and oxygen atoms in total. The van der Waals surface area contributed by atoms with Crippen LogP contribution in [0.1, 0.15) is 19.3 Å². The van der Waals surface area contributed by atoms with Crippen LogP contribution in [0, 0.1) is 0 Å². The van der Waals surface area contributed by atoms with Crippen molar-refractivity contribution in [3.8, 4) is 22.6 Å². The molecule has 6 heteroatoms. The Kier molecular flexibility index (Phi) is 3.56. The Morgan fingerprint density at radius 3 is 2.65 bits per heavy atom. The minimum Gasteiger partial charge on any atom is -0.493 e. The highest BCUT2D eigenvalue weighted by atomic mass is 79.9. The van der Waals surface area contributed by atoms with Crippen molar-refractivity contribution < 1.29 is 14.0 Å². The Hall–Kier alpha value is -1.69. The highest BCUT2D eigenvalue weighted by molar-refractivity contribution is 9.10. The quantitative estimate of drug-likeness (QED) is 0.921.